The van der Waals surface area contributed by atoms with Gasteiger partial charge in [0.05, 0.1) is 0 Å². The Bertz CT molecular complexity index is 1700. The van der Waals surface area contributed by atoms with Crippen molar-refractivity contribution >= 4 is 43.7 Å². The molecule has 2 nitrogen and oxygen atoms in total. The average molecular weight is 465 g/mol. The van der Waals surface area contributed by atoms with Crippen LogP contribution in [0, 0.1) is 0 Å². The maximum atomic E-state index is 2.49. The summed E-state index contributed by atoms with van der Waals surface area (Å²) < 4.78 is 0. The van der Waals surface area contributed by atoms with Crippen LogP contribution < -0.4 is 9.80 Å². The van der Waals surface area contributed by atoms with Crippen molar-refractivity contribution in [1.29, 1.82) is 0 Å². The first-order valence-corrected chi connectivity index (χ1v) is 13.1. The number of para-hydroxylation sites is 2. The van der Waals surface area contributed by atoms with Crippen LogP contribution in [-0.4, -0.2) is 27.2 Å². The second kappa shape index (κ2) is 7.24. The summed E-state index contributed by atoms with van der Waals surface area (Å²) in [5, 5.41) is 8.13. The molecule has 0 bridgehead atoms. The first-order valence-electron chi connectivity index (χ1n) is 13.1. The Labute approximate surface area is 211 Å². The topological polar surface area (TPSA) is 6.48 Å². The molecule has 36 heavy (non-hydrogen) atoms. The summed E-state index contributed by atoms with van der Waals surface area (Å²) in [7, 11) is 4.48. The van der Waals surface area contributed by atoms with E-state index in [1.165, 1.54) is 77.1 Å². The lowest BCUT2D eigenvalue weighted by molar-refractivity contribution is 0.956. The van der Waals surface area contributed by atoms with Gasteiger partial charge in [0.1, 0.15) is 0 Å². The molecule has 0 radical (unpaired) electrons. The third-order valence-corrected chi connectivity index (χ3v) is 8.66. The van der Waals surface area contributed by atoms with E-state index >= 15 is 0 Å². The third kappa shape index (κ3) is 2.62. The summed E-state index contributed by atoms with van der Waals surface area (Å²) >= 11 is 0. The fraction of sp³-hybridized carbons (Fsp3) is 0.176. The molecule has 0 amide bonds. The zero-order valence-corrected chi connectivity index (χ0v) is 20.8. The van der Waals surface area contributed by atoms with Crippen molar-refractivity contribution in [3.05, 3.63) is 96.1 Å². The normalized spacial score (nSPS) is 14.9. The van der Waals surface area contributed by atoms with E-state index in [0.29, 0.717) is 0 Å². The minimum atomic E-state index is 1.09. The van der Waals surface area contributed by atoms with Crippen molar-refractivity contribution in [3.8, 4) is 22.3 Å². The molecule has 2 heterocycles. The zero-order chi connectivity index (χ0) is 24.0. The van der Waals surface area contributed by atoms with Gasteiger partial charge in [-0.15, -0.1) is 0 Å². The fourth-order valence-electron chi connectivity index (χ4n) is 7.00. The van der Waals surface area contributed by atoms with Crippen molar-refractivity contribution in [1.82, 2.24) is 0 Å². The number of likely N-dealkylation sites (N-methyl/N-ethyl adjacent to an activating group) is 2. The fourth-order valence-corrected chi connectivity index (χ4v) is 7.00. The highest BCUT2D eigenvalue weighted by molar-refractivity contribution is 6.28. The van der Waals surface area contributed by atoms with Gasteiger partial charge in [-0.1, -0.05) is 78.9 Å². The van der Waals surface area contributed by atoms with Gasteiger partial charge in [-0.25, -0.2) is 0 Å². The predicted octanol–water partition coefficient (Wildman–Crippen LogP) is 7.90. The Morgan fingerprint density at radius 3 is 1.53 bits per heavy atom. The summed E-state index contributed by atoms with van der Waals surface area (Å²) in [6, 6.07) is 32.3. The highest BCUT2D eigenvalue weighted by atomic mass is 15.1. The molecule has 0 fully saturated rings. The molecule has 0 aliphatic carbocycles. The first kappa shape index (κ1) is 20.2. The summed E-state index contributed by atoms with van der Waals surface area (Å²) in [5.74, 6) is 0. The van der Waals surface area contributed by atoms with E-state index in [0.717, 1.165) is 25.9 Å². The van der Waals surface area contributed by atoms with Crippen LogP contribution in [0.5, 0.6) is 0 Å². The summed E-state index contributed by atoms with van der Waals surface area (Å²) in [4.78, 5) is 4.88. The molecular weight excluding hydrogens is 436 g/mol. The smallest absolute Gasteiger partial charge is 0.0476 e. The molecule has 0 spiro atoms. The van der Waals surface area contributed by atoms with Gasteiger partial charge in [-0.3, -0.25) is 0 Å². The lowest BCUT2D eigenvalue weighted by atomic mass is 9.84. The van der Waals surface area contributed by atoms with Gasteiger partial charge in [0.15, 0.2) is 0 Å². The number of fused-ring (bicyclic) bond motifs is 2. The molecule has 0 atom stereocenters. The quantitative estimate of drug-likeness (QED) is 0.240. The Kier molecular flexibility index (Phi) is 4.06. The molecule has 0 saturated heterocycles. The van der Waals surface area contributed by atoms with E-state index in [-0.39, 0.29) is 0 Å². The van der Waals surface area contributed by atoms with E-state index < -0.39 is 0 Å². The molecule has 0 aromatic heterocycles. The zero-order valence-electron chi connectivity index (χ0n) is 20.8. The maximum absolute atomic E-state index is 2.49. The molecule has 2 aliphatic heterocycles. The second-order valence-corrected chi connectivity index (χ2v) is 10.6. The first-order chi connectivity index (χ1) is 17.7. The maximum Gasteiger partial charge on any atom is 0.0476 e. The van der Waals surface area contributed by atoms with Gasteiger partial charge in [-0.05, 0) is 73.5 Å². The van der Waals surface area contributed by atoms with Gasteiger partial charge in [0.2, 0.25) is 0 Å². The Morgan fingerprint density at radius 2 is 1.00 bits per heavy atom. The number of hydrogen-bond acceptors (Lipinski definition) is 2. The molecular formula is C34H28N2. The predicted molar refractivity (Wildman–Crippen MR) is 155 cm³/mol. The number of nitrogens with zero attached hydrogens (tertiary/aromatic N) is 2. The van der Waals surface area contributed by atoms with E-state index in [1.807, 2.05) is 0 Å². The van der Waals surface area contributed by atoms with E-state index in [4.69, 9.17) is 0 Å². The van der Waals surface area contributed by atoms with E-state index in [9.17, 15) is 0 Å². The number of anilines is 2. The van der Waals surface area contributed by atoms with Crippen LogP contribution in [0.25, 0.3) is 54.6 Å². The summed E-state index contributed by atoms with van der Waals surface area (Å²) in [5.41, 5.74) is 11.1. The van der Waals surface area contributed by atoms with Crippen molar-refractivity contribution in [2.75, 3.05) is 37.0 Å². The van der Waals surface area contributed by atoms with Crippen LogP contribution in [0.15, 0.2) is 84.9 Å². The summed E-state index contributed by atoms with van der Waals surface area (Å²) in [6.45, 7) is 2.17. The lowest BCUT2D eigenvalue weighted by Gasteiger charge is -2.23. The molecule has 8 rings (SSSR count). The molecule has 0 N–H and O–H groups in total. The van der Waals surface area contributed by atoms with Gasteiger partial charge in [-0.2, -0.15) is 0 Å². The van der Waals surface area contributed by atoms with Crippen LogP contribution in [0.4, 0.5) is 11.4 Å². The second-order valence-electron chi connectivity index (χ2n) is 10.6. The Balaban J connectivity index is 1.57. The van der Waals surface area contributed by atoms with Crippen LogP contribution in [-0.2, 0) is 12.8 Å². The SMILES string of the molecule is CN1CCc2cccc(-c3cc(-c4cccc5c4N(C)CC5)c4ccc5cccc6ccc3c4c65)c21. The molecule has 2 heteroatoms. The molecule has 0 saturated carbocycles. The standard InChI is InChI=1S/C34H28N2/c1-35-18-16-23-8-4-10-27(33(23)35)29-20-30(28-11-5-9-24-17-19-36(2)34(24)28)26-15-13-22-7-3-6-21-12-14-25(29)32(26)31(21)22/h3-15,20H,16-19H2,1-2H3. The van der Waals surface area contributed by atoms with Crippen molar-refractivity contribution in [3.63, 3.8) is 0 Å². The van der Waals surface area contributed by atoms with Crippen molar-refractivity contribution in [2.45, 2.75) is 12.8 Å². The minimum Gasteiger partial charge on any atom is -0.374 e. The van der Waals surface area contributed by atoms with Crippen LogP contribution >= 0.6 is 0 Å². The number of benzene rings is 6. The van der Waals surface area contributed by atoms with Crippen molar-refractivity contribution in [2.24, 2.45) is 0 Å². The third-order valence-electron chi connectivity index (χ3n) is 8.66. The van der Waals surface area contributed by atoms with Crippen molar-refractivity contribution < 1.29 is 0 Å². The van der Waals surface area contributed by atoms with Crippen LogP contribution in [0.2, 0.25) is 0 Å². The minimum absolute atomic E-state index is 1.09. The van der Waals surface area contributed by atoms with Crippen LogP contribution in [0.1, 0.15) is 11.1 Å². The number of hydrogen-bond donors (Lipinski definition) is 0. The monoisotopic (exact) mass is 464 g/mol. The molecule has 0 unspecified atom stereocenters. The van der Waals surface area contributed by atoms with E-state index in [2.05, 4.69) is 109 Å². The van der Waals surface area contributed by atoms with Gasteiger partial charge < -0.3 is 9.80 Å². The van der Waals surface area contributed by atoms with E-state index in [1.54, 1.807) is 0 Å². The molecule has 6 aromatic carbocycles. The molecule has 6 aromatic rings. The molecule has 174 valence electrons. The Morgan fingerprint density at radius 1 is 0.500 bits per heavy atom. The largest absolute Gasteiger partial charge is 0.374 e. The number of rotatable bonds is 2. The van der Waals surface area contributed by atoms with Crippen LogP contribution in [0.3, 0.4) is 0 Å². The average Bonchev–Trinajstić information content (AvgIpc) is 3.49. The highest BCUT2D eigenvalue weighted by Crippen LogP contribution is 2.49. The highest BCUT2D eigenvalue weighted by Gasteiger charge is 2.25. The summed E-state index contributed by atoms with van der Waals surface area (Å²) in [6.07, 6.45) is 2.24. The Hall–Kier alpha value is -4.04. The molecule has 2 aliphatic rings. The van der Waals surface area contributed by atoms with Gasteiger partial charge in [0.25, 0.3) is 0 Å². The lowest BCUT2D eigenvalue weighted by Crippen LogP contribution is -2.13. The van der Waals surface area contributed by atoms with Gasteiger partial charge >= 0.3 is 0 Å². The van der Waals surface area contributed by atoms with Gasteiger partial charge in [0, 0.05) is 49.7 Å².